The zero-order valence-corrected chi connectivity index (χ0v) is 14.9. The zero-order valence-electron chi connectivity index (χ0n) is 13.8. The third-order valence-electron chi connectivity index (χ3n) is 4.12. The maximum absolute atomic E-state index is 10.8. The summed E-state index contributed by atoms with van der Waals surface area (Å²) in [5.41, 5.74) is 0.922. The molecule has 0 aliphatic carbocycles. The average molecular weight is 401 g/mol. The van der Waals surface area contributed by atoms with Gasteiger partial charge in [-0.15, -0.1) is 10.2 Å². The number of piperidine rings is 1. The predicted molar refractivity (Wildman–Crippen MR) is 93.1 cm³/mol. The molecule has 1 radical (unpaired) electrons. The summed E-state index contributed by atoms with van der Waals surface area (Å²) in [6, 6.07) is 8.61. The van der Waals surface area contributed by atoms with Crippen molar-refractivity contribution in [2.75, 3.05) is 18.0 Å². The van der Waals surface area contributed by atoms with Gasteiger partial charge in [0, 0.05) is 53.8 Å². The van der Waals surface area contributed by atoms with Crippen molar-refractivity contribution in [3.8, 4) is 11.5 Å². The second-order valence-corrected chi connectivity index (χ2v) is 5.85. The van der Waals surface area contributed by atoms with Gasteiger partial charge in [-0.05, 0) is 37.5 Å². The summed E-state index contributed by atoms with van der Waals surface area (Å²) in [4.78, 5) is 12.4. The van der Waals surface area contributed by atoms with E-state index in [0.717, 1.165) is 37.7 Å². The van der Waals surface area contributed by atoms with Crippen LogP contribution < -0.4 is 4.90 Å². The number of phenols is 2. The predicted octanol–water partition coefficient (Wildman–Crippen LogP) is 4.41. The third kappa shape index (κ3) is 4.49. The SMILES string of the molecule is O=[N+]([O-])c1ccc(O)c(N=Nc2ccc(N3CCCCC3)cc2O)c1.[Co]. The molecule has 0 saturated carbocycles. The van der Waals surface area contributed by atoms with Crippen molar-refractivity contribution in [1.82, 2.24) is 0 Å². The Morgan fingerprint density at radius 1 is 0.923 bits per heavy atom. The number of non-ortho nitro benzene ring substituents is 1. The molecule has 1 aliphatic rings. The molecule has 2 aromatic rings. The van der Waals surface area contributed by atoms with Crippen LogP contribution in [0.5, 0.6) is 11.5 Å². The van der Waals surface area contributed by atoms with Crippen molar-refractivity contribution >= 4 is 22.7 Å². The van der Waals surface area contributed by atoms with Crippen molar-refractivity contribution in [2.45, 2.75) is 19.3 Å². The van der Waals surface area contributed by atoms with Gasteiger partial charge in [-0.1, -0.05) is 0 Å². The van der Waals surface area contributed by atoms with E-state index < -0.39 is 4.92 Å². The van der Waals surface area contributed by atoms with Crippen LogP contribution in [-0.4, -0.2) is 28.2 Å². The molecule has 1 aliphatic heterocycles. The Balaban J connectivity index is 0.00000243. The summed E-state index contributed by atoms with van der Waals surface area (Å²) >= 11 is 0. The Labute approximate surface area is 160 Å². The molecule has 8 nitrogen and oxygen atoms in total. The summed E-state index contributed by atoms with van der Waals surface area (Å²) in [6.45, 7) is 1.92. The molecule has 2 aromatic carbocycles. The van der Waals surface area contributed by atoms with Crippen molar-refractivity contribution in [1.29, 1.82) is 0 Å². The van der Waals surface area contributed by atoms with Crippen molar-refractivity contribution < 1.29 is 31.9 Å². The number of rotatable bonds is 4. The van der Waals surface area contributed by atoms with Crippen LogP contribution in [0.4, 0.5) is 22.7 Å². The van der Waals surface area contributed by atoms with Crippen LogP contribution in [0.15, 0.2) is 46.6 Å². The van der Waals surface area contributed by atoms with E-state index in [1.165, 1.54) is 18.6 Å². The molecular formula is C17H18CoN4O4. The van der Waals surface area contributed by atoms with E-state index in [2.05, 4.69) is 15.1 Å². The fourth-order valence-corrected chi connectivity index (χ4v) is 2.76. The molecule has 0 amide bonds. The van der Waals surface area contributed by atoms with E-state index in [-0.39, 0.29) is 45.3 Å². The molecule has 1 heterocycles. The van der Waals surface area contributed by atoms with Crippen LogP contribution in [-0.2, 0) is 16.8 Å². The molecule has 3 rings (SSSR count). The Morgan fingerprint density at radius 3 is 2.27 bits per heavy atom. The Bertz CT molecular complexity index is 822. The maximum Gasteiger partial charge on any atom is 0.271 e. The number of aromatic hydroxyl groups is 2. The first-order valence-electron chi connectivity index (χ1n) is 8.02. The largest absolute Gasteiger partial charge is 0.506 e. The molecule has 9 heteroatoms. The molecule has 139 valence electrons. The van der Waals surface area contributed by atoms with E-state index in [0.29, 0.717) is 0 Å². The van der Waals surface area contributed by atoms with E-state index in [4.69, 9.17) is 0 Å². The number of nitro benzene ring substituents is 1. The molecule has 0 aromatic heterocycles. The number of nitrogens with zero attached hydrogens (tertiary/aromatic N) is 4. The minimum atomic E-state index is -0.580. The number of azo groups is 1. The summed E-state index contributed by atoms with van der Waals surface area (Å²) in [5.74, 6) is -0.254. The zero-order chi connectivity index (χ0) is 17.8. The van der Waals surface area contributed by atoms with Gasteiger partial charge < -0.3 is 15.1 Å². The van der Waals surface area contributed by atoms with Gasteiger partial charge in [-0.25, -0.2) is 0 Å². The fourth-order valence-electron chi connectivity index (χ4n) is 2.76. The number of nitro groups is 1. The quantitative estimate of drug-likeness (QED) is 0.448. The van der Waals surface area contributed by atoms with Crippen LogP contribution in [0.25, 0.3) is 0 Å². The van der Waals surface area contributed by atoms with Gasteiger partial charge in [-0.2, -0.15) is 0 Å². The Kier molecular flexibility index (Phi) is 6.53. The van der Waals surface area contributed by atoms with E-state index in [9.17, 15) is 20.3 Å². The number of anilines is 1. The Hall–Kier alpha value is -2.65. The van der Waals surface area contributed by atoms with Gasteiger partial charge >= 0.3 is 0 Å². The maximum atomic E-state index is 10.8. The average Bonchev–Trinajstić information content (AvgIpc) is 2.62. The topological polar surface area (TPSA) is 112 Å². The van der Waals surface area contributed by atoms with Gasteiger partial charge in [0.25, 0.3) is 5.69 Å². The summed E-state index contributed by atoms with van der Waals surface area (Å²) in [5, 5.41) is 38.4. The van der Waals surface area contributed by atoms with Crippen LogP contribution in [0.1, 0.15) is 19.3 Å². The van der Waals surface area contributed by atoms with E-state index in [1.54, 1.807) is 12.1 Å². The van der Waals surface area contributed by atoms with Gasteiger partial charge in [0.2, 0.25) is 0 Å². The number of hydrogen-bond acceptors (Lipinski definition) is 7. The fraction of sp³-hybridized carbons (Fsp3) is 0.294. The standard InChI is InChI=1S/C17H18N4O4.Co/c22-16-7-5-13(21(24)25)10-15(16)19-18-14-6-4-12(11-17(14)23)20-8-2-1-3-9-20;/h4-7,10-11,22-23H,1-3,8-9H2;. The molecule has 2 N–H and O–H groups in total. The number of phenolic OH excluding ortho intramolecular Hbond substituents is 2. The van der Waals surface area contributed by atoms with Crippen LogP contribution in [0.2, 0.25) is 0 Å². The molecule has 1 fully saturated rings. The first-order chi connectivity index (χ1) is 12.0. The van der Waals surface area contributed by atoms with E-state index >= 15 is 0 Å². The molecule has 0 unspecified atom stereocenters. The first-order valence-corrected chi connectivity index (χ1v) is 8.02. The van der Waals surface area contributed by atoms with Gasteiger partial charge in [0.05, 0.1) is 4.92 Å². The van der Waals surface area contributed by atoms with E-state index in [1.807, 2.05) is 6.07 Å². The molecule has 26 heavy (non-hydrogen) atoms. The molecule has 1 saturated heterocycles. The second kappa shape index (κ2) is 8.63. The van der Waals surface area contributed by atoms with Crippen molar-refractivity contribution in [3.05, 3.63) is 46.5 Å². The van der Waals surface area contributed by atoms with Crippen molar-refractivity contribution in [3.63, 3.8) is 0 Å². The minimum absolute atomic E-state index is 0. The van der Waals surface area contributed by atoms with Crippen molar-refractivity contribution in [2.24, 2.45) is 10.2 Å². The Morgan fingerprint density at radius 2 is 1.62 bits per heavy atom. The molecule has 0 atom stereocenters. The monoisotopic (exact) mass is 401 g/mol. The summed E-state index contributed by atoms with van der Waals surface area (Å²) in [7, 11) is 0. The number of benzene rings is 2. The first kappa shape index (κ1) is 19.7. The summed E-state index contributed by atoms with van der Waals surface area (Å²) < 4.78 is 0. The smallest absolute Gasteiger partial charge is 0.271 e. The van der Waals surface area contributed by atoms with Crippen LogP contribution in [0.3, 0.4) is 0 Å². The van der Waals surface area contributed by atoms with Gasteiger partial charge in [-0.3, -0.25) is 10.1 Å². The second-order valence-electron chi connectivity index (χ2n) is 5.85. The summed E-state index contributed by atoms with van der Waals surface area (Å²) in [6.07, 6.45) is 3.49. The minimum Gasteiger partial charge on any atom is -0.506 e. The third-order valence-corrected chi connectivity index (χ3v) is 4.12. The molecule has 0 spiro atoms. The van der Waals surface area contributed by atoms with Gasteiger partial charge in [0.1, 0.15) is 22.9 Å². The van der Waals surface area contributed by atoms with Crippen LogP contribution in [0, 0.1) is 10.1 Å². The normalized spacial score (nSPS) is 14.2. The molecular weight excluding hydrogens is 383 g/mol. The van der Waals surface area contributed by atoms with Gasteiger partial charge in [0.15, 0.2) is 0 Å². The number of hydrogen-bond donors (Lipinski definition) is 2. The van der Waals surface area contributed by atoms with Crippen LogP contribution >= 0.6 is 0 Å². The molecule has 0 bridgehead atoms.